The van der Waals surface area contributed by atoms with E-state index in [1.807, 2.05) is 0 Å². The number of aliphatic hydroxyl groups is 1. The molecular weight excluding hydrogens is 172 g/mol. The Balaban J connectivity index is 2.33. The Kier molecular flexibility index (Phi) is 4.70. The molecule has 0 bridgehead atoms. The van der Waals surface area contributed by atoms with E-state index >= 15 is 0 Å². The van der Waals surface area contributed by atoms with Crippen LogP contribution < -0.4 is 0 Å². The van der Waals surface area contributed by atoms with Gasteiger partial charge >= 0.3 is 0 Å². The molecule has 1 nitrogen and oxygen atoms in total. The second-order valence-corrected chi connectivity index (χ2v) is 3.85. The number of hydrogen-bond acceptors (Lipinski definition) is 1. The SMILES string of the molecule is OC1CCCCC(/C=C\Cl)CC1. The second-order valence-electron chi connectivity index (χ2n) is 3.59. The van der Waals surface area contributed by atoms with Crippen molar-refractivity contribution in [1.82, 2.24) is 0 Å². The van der Waals surface area contributed by atoms with E-state index in [1.165, 1.54) is 12.8 Å². The topological polar surface area (TPSA) is 20.2 Å². The van der Waals surface area contributed by atoms with Crippen LogP contribution in [0.1, 0.15) is 38.5 Å². The van der Waals surface area contributed by atoms with Crippen LogP contribution in [-0.2, 0) is 0 Å². The molecule has 0 aliphatic heterocycles. The van der Waals surface area contributed by atoms with Gasteiger partial charge < -0.3 is 5.11 Å². The van der Waals surface area contributed by atoms with Crippen molar-refractivity contribution in [2.45, 2.75) is 44.6 Å². The number of halogens is 1. The zero-order valence-electron chi connectivity index (χ0n) is 7.38. The molecule has 1 rings (SSSR count). The minimum Gasteiger partial charge on any atom is -0.393 e. The maximum absolute atomic E-state index is 9.44. The van der Waals surface area contributed by atoms with E-state index in [-0.39, 0.29) is 6.10 Å². The fraction of sp³-hybridized carbons (Fsp3) is 0.800. The summed E-state index contributed by atoms with van der Waals surface area (Å²) >= 11 is 5.52. The summed E-state index contributed by atoms with van der Waals surface area (Å²) in [6, 6.07) is 0. The third-order valence-corrected chi connectivity index (χ3v) is 2.72. The van der Waals surface area contributed by atoms with Gasteiger partial charge in [0.1, 0.15) is 0 Å². The molecular formula is C10H17ClO. The maximum Gasteiger partial charge on any atom is 0.0540 e. The lowest BCUT2D eigenvalue weighted by Crippen LogP contribution is -2.12. The van der Waals surface area contributed by atoms with Crippen LogP contribution in [0.4, 0.5) is 0 Å². The molecule has 1 aliphatic rings. The fourth-order valence-electron chi connectivity index (χ4n) is 1.78. The number of hydrogen-bond donors (Lipinski definition) is 1. The lowest BCUT2D eigenvalue weighted by atomic mass is 9.90. The molecule has 70 valence electrons. The molecule has 2 atom stereocenters. The smallest absolute Gasteiger partial charge is 0.0540 e. The summed E-state index contributed by atoms with van der Waals surface area (Å²) in [6.07, 6.45) is 8.61. The molecule has 0 aromatic rings. The van der Waals surface area contributed by atoms with Gasteiger partial charge in [-0.3, -0.25) is 0 Å². The van der Waals surface area contributed by atoms with Gasteiger partial charge in [-0.1, -0.05) is 30.5 Å². The first kappa shape index (κ1) is 10.1. The monoisotopic (exact) mass is 188 g/mol. The normalized spacial score (nSPS) is 33.2. The zero-order valence-corrected chi connectivity index (χ0v) is 8.13. The third-order valence-electron chi connectivity index (χ3n) is 2.58. The predicted octanol–water partition coefficient (Wildman–Crippen LogP) is 3.07. The van der Waals surface area contributed by atoms with Crippen molar-refractivity contribution in [2.75, 3.05) is 0 Å². The van der Waals surface area contributed by atoms with Crippen LogP contribution in [0, 0.1) is 5.92 Å². The van der Waals surface area contributed by atoms with Crippen molar-refractivity contribution in [3.05, 3.63) is 11.6 Å². The molecule has 0 aromatic carbocycles. The Bertz CT molecular complexity index is 145. The van der Waals surface area contributed by atoms with Crippen molar-refractivity contribution in [3.63, 3.8) is 0 Å². The number of allylic oxidation sites excluding steroid dienone is 1. The van der Waals surface area contributed by atoms with Crippen molar-refractivity contribution >= 4 is 11.6 Å². The van der Waals surface area contributed by atoms with Gasteiger partial charge in [0.2, 0.25) is 0 Å². The summed E-state index contributed by atoms with van der Waals surface area (Å²) in [5.74, 6) is 0.595. The Morgan fingerprint density at radius 2 is 1.83 bits per heavy atom. The van der Waals surface area contributed by atoms with E-state index in [2.05, 4.69) is 6.08 Å². The Morgan fingerprint density at radius 1 is 1.08 bits per heavy atom. The van der Waals surface area contributed by atoms with E-state index in [0.717, 1.165) is 25.7 Å². The Morgan fingerprint density at radius 3 is 2.58 bits per heavy atom. The second kappa shape index (κ2) is 5.60. The first-order chi connectivity index (χ1) is 5.83. The first-order valence-corrected chi connectivity index (χ1v) is 5.21. The van der Waals surface area contributed by atoms with Crippen LogP contribution in [0.25, 0.3) is 0 Å². The van der Waals surface area contributed by atoms with Crippen LogP contribution in [0.3, 0.4) is 0 Å². The quantitative estimate of drug-likeness (QED) is 0.671. The zero-order chi connectivity index (χ0) is 8.81. The van der Waals surface area contributed by atoms with Crippen LogP contribution in [0.5, 0.6) is 0 Å². The summed E-state index contributed by atoms with van der Waals surface area (Å²) in [4.78, 5) is 0. The van der Waals surface area contributed by atoms with Gasteiger partial charge in [-0.15, -0.1) is 0 Å². The molecule has 1 saturated carbocycles. The van der Waals surface area contributed by atoms with E-state index < -0.39 is 0 Å². The summed E-state index contributed by atoms with van der Waals surface area (Å²) in [6.45, 7) is 0. The minimum absolute atomic E-state index is 0.0727. The maximum atomic E-state index is 9.44. The largest absolute Gasteiger partial charge is 0.393 e. The van der Waals surface area contributed by atoms with Crippen LogP contribution >= 0.6 is 11.6 Å². The highest BCUT2D eigenvalue weighted by atomic mass is 35.5. The summed E-state index contributed by atoms with van der Waals surface area (Å²) < 4.78 is 0. The van der Waals surface area contributed by atoms with Crippen LogP contribution in [0.15, 0.2) is 11.6 Å². The Labute approximate surface area is 79.4 Å². The Hall–Kier alpha value is -0.0100. The van der Waals surface area contributed by atoms with Crippen molar-refractivity contribution < 1.29 is 5.11 Å². The highest BCUT2D eigenvalue weighted by molar-refractivity contribution is 6.25. The third kappa shape index (κ3) is 3.59. The average Bonchev–Trinajstić information content (AvgIpc) is 2.04. The van der Waals surface area contributed by atoms with Crippen LogP contribution in [0.2, 0.25) is 0 Å². The van der Waals surface area contributed by atoms with Crippen LogP contribution in [-0.4, -0.2) is 11.2 Å². The highest BCUT2D eigenvalue weighted by Crippen LogP contribution is 2.23. The number of rotatable bonds is 1. The molecule has 0 radical (unpaired) electrons. The van der Waals surface area contributed by atoms with Gasteiger partial charge in [-0.05, 0) is 31.6 Å². The molecule has 1 aliphatic carbocycles. The standard InChI is InChI=1S/C10H17ClO/c11-8-7-9-3-1-2-4-10(12)6-5-9/h7-10,12H,1-6H2/b8-7-. The molecule has 0 spiro atoms. The molecule has 12 heavy (non-hydrogen) atoms. The van der Waals surface area contributed by atoms with E-state index in [4.69, 9.17) is 11.6 Å². The van der Waals surface area contributed by atoms with Gasteiger partial charge in [0.15, 0.2) is 0 Å². The predicted molar refractivity (Wildman–Crippen MR) is 52.2 cm³/mol. The fourth-order valence-corrected chi connectivity index (χ4v) is 1.98. The lowest BCUT2D eigenvalue weighted by molar-refractivity contribution is 0.135. The molecule has 1 N–H and O–H groups in total. The average molecular weight is 189 g/mol. The van der Waals surface area contributed by atoms with Gasteiger partial charge in [0.05, 0.1) is 6.10 Å². The summed E-state index contributed by atoms with van der Waals surface area (Å²) in [5.41, 5.74) is 1.61. The van der Waals surface area contributed by atoms with Crippen molar-refractivity contribution in [2.24, 2.45) is 5.92 Å². The van der Waals surface area contributed by atoms with Gasteiger partial charge in [0.25, 0.3) is 0 Å². The summed E-state index contributed by atoms with van der Waals surface area (Å²) in [7, 11) is 0. The van der Waals surface area contributed by atoms with Gasteiger partial charge in [0, 0.05) is 5.54 Å². The first-order valence-electron chi connectivity index (χ1n) is 4.78. The molecule has 0 amide bonds. The summed E-state index contributed by atoms with van der Waals surface area (Å²) in [5, 5.41) is 9.44. The number of aliphatic hydroxyl groups excluding tert-OH is 1. The van der Waals surface area contributed by atoms with Gasteiger partial charge in [-0.25, -0.2) is 0 Å². The molecule has 0 heterocycles. The lowest BCUT2D eigenvalue weighted by Gasteiger charge is -2.19. The minimum atomic E-state index is -0.0727. The van der Waals surface area contributed by atoms with E-state index in [9.17, 15) is 5.11 Å². The molecule has 1 fully saturated rings. The molecule has 2 heteroatoms. The molecule has 2 unspecified atom stereocenters. The van der Waals surface area contributed by atoms with Gasteiger partial charge in [-0.2, -0.15) is 0 Å². The highest BCUT2D eigenvalue weighted by Gasteiger charge is 2.12. The molecule has 0 saturated heterocycles. The van der Waals surface area contributed by atoms with Crippen molar-refractivity contribution in [3.8, 4) is 0 Å². The van der Waals surface area contributed by atoms with E-state index in [1.54, 1.807) is 5.54 Å². The molecule has 0 aromatic heterocycles. The van der Waals surface area contributed by atoms with E-state index in [0.29, 0.717) is 5.92 Å². The van der Waals surface area contributed by atoms with Crippen molar-refractivity contribution in [1.29, 1.82) is 0 Å².